The highest BCUT2D eigenvalue weighted by Crippen LogP contribution is 2.39. The fraction of sp³-hybridized carbons (Fsp3) is 0.342. The third-order valence-electron chi connectivity index (χ3n) is 9.90. The Kier molecular flexibility index (Phi) is 11.8. The molecule has 3 fully saturated rings. The van der Waals surface area contributed by atoms with Gasteiger partial charge >= 0.3 is 12.1 Å². The van der Waals surface area contributed by atoms with Gasteiger partial charge in [0.15, 0.2) is 11.5 Å². The molecule has 54 heavy (non-hydrogen) atoms. The molecule has 3 aliphatic rings. The van der Waals surface area contributed by atoms with Crippen LogP contribution in [0.2, 0.25) is 10.0 Å². The van der Waals surface area contributed by atoms with Crippen LogP contribution in [0.1, 0.15) is 51.4 Å². The van der Waals surface area contributed by atoms with Crippen LogP contribution >= 0.6 is 23.2 Å². The van der Waals surface area contributed by atoms with Gasteiger partial charge in [-0.25, -0.2) is 18.0 Å². The average molecular weight is 801 g/mol. The summed E-state index contributed by atoms with van der Waals surface area (Å²) in [6, 6.07) is 16.5. The molecular weight excluding hydrogens is 759 g/mol. The van der Waals surface area contributed by atoms with Crippen LogP contribution < -0.4 is 23.8 Å². The first-order valence-electron chi connectivity index (χ1n) is 17.2. The molecule has 0 radical (unpaired) electrons. The van der Waals surface area contributed by atoms with Crippen molar-refractivity contribution >= 4 is 56.7 Å². The summed E-state index contributed by atoms with van der Waals surface area (Å²) in [4.78, 5) is 30.7. The molecule has 3 saturated heterocycles. The molecule has 1 aromatic heterocycles. The number of pyridine rings is 1. The van der Waals surface area contributed by atoms with Gasteiger partial charge in [-0.05, 0) is 97.4 Å². The van der Waals surface area contributed by atoms with Crippen molar-refractivity contribution < 1.29 is 47.3 Å². The van der Waals surface area contributed by atoms with Crippen LogP contribution in [0.4, 0.5) is 16.2 Å². The zero-order valence-corrected chi connectivity index (χ0v) is 32.2. The van der Waals surface area contributed by atoms with Gasteiger partial charge in [-0.3, -0.25) is 19.7 Å². The number of ether oxygens (including phenoxy) is 3. The molecule has 3 N–H and O–H groups in total. The number of rotatable bonds is 13. The third kappa shape index (κ3) is 8.95. The molecule has 1 amide bonds. The Labute approximate surface area is 323 Å². The third-order valence-corrected chi connectivity index (χ3v) is 11.2. The minimum Gasteiger partial charge on any atom is -0.493 e. The number of hydrogen-bond donors (Lipinski definition) is 3. The summed E-state index contributed by atoms with van der Waals surface area (Å²) in [7, 11) is -0.528. The Bertz CT molecular complexity index is 2120. The first-order chi connectivity index (χ1) is 25.7. The zero-order chi connectivity index (χ0) is 38.7. The van der Waals surface area contributed by atoms with Crippen LogP contribution in [0.5, 0.6) is 11.5 Å². The Hall–Kier alpha value is -4.76. The van der Waals surface area contributed by atoms with Crippen LogP contribution in [0.15, 0.2) is 73.1 Å². The number of nitrogens with one attached hydrogen (secondary N) is 1. The molecule has 13 nitrogen and oxygen atoms in total. The van der Waals surface area contributed by atoms with Crippen LogP contribution in [0.3, 0.4) is 0 Å². The van der Waals surface area contributed by atoms with Gasteiger partial charge in [-0.2, -0.15) is 0 Å². The van der Waals surface area contributed by atoms with Gasteiger partial charge < -0.3 is 19.3 Å². The van der Waals surface area contributed by atoms with E-state index in [1.807, 2.05) is 0 Å². The van der Waals surface area contributed by atoms with E-state index in [2.05, 4.69) is 9.62 Å². The van der Waals surface area contributed by atoms with E-state index in [4.69, 9.17) is 37.4 Å². The Balaban J connectivity index is 1.43. The monoisotopic (exact) mass is 799 g/mol. The largest absolute Gasteiger partial charge is 0.493 e. The van der Waals surface area contributed by atoms with Crippen molar-refractivity contribution in [3.05, 3.63) is 111 Å². The number of methoxy groups -OCH3 is 2. The second-order valence-corrected chi connectivity index (χ2v) is 16.0. The molecule has 4 heterocycles. The van der Waals surface area contributed by atoms with Gasteiger partial charge in [-0.15, -0.1) is 0 Å². The number of carboxylic acid groups (broad SMARTS) is 1. The van der Waals surface area contributed by atoms with E-state index in [1.54, 1.807) is 54.6 Å². The number of carbonyl (C=O) groups is 2. The number of hydrogen-bond acceptors (Lipinski definition) is 9. The molecule has 2 atom stereocenters. The highest BCUT2D eigenvalue weighted by Gasteiger charge is 2.38. The summed E-state index contributed by atoms with van der Waals surface area (Å²) in [6.07, 6.45) is 4.76. The molecule has 2 bridgehead atoms. The number of aromatic nitrogens is 1. The lowest BCUT2D eigenvalue weighted by molar-refractivity contribution is -0.904. The highest BCUT2D eigenvalue weighted by atomic mass is 35.5. The Morgan fingerprint density at radius 1 is 0.981 bits per heavy atom. The molecule has 7 rings (SSSR count). The normalized spacial score (nSPS) is 18.4. The molecule has 0 saturated carbocycles. The van der Waals surface area contributed by atoms with Crippen LogP contribution in [0, 0.1) is 5.92 Å². The number of fused-ring (bicyclic) bond motifs is 3. The van der Waals surface area contributed by atoms with Gasteiger partial charge in [0.25, 0.3) is 0 Å². The average Bonchev–Trinajstić information content (AvgIpc) is 3.13. The van der Waals surface area contributed by atoms with E-state index in [-0.39, 0.29) is 40.6 Å². The minimum atomic E-state index is -3.54. The number of carboxylic acids is 1. The van der Waals surface area contributed by atoms with E-state index < -0.39 is 28.0 Å². The predicted molar refractivity (Wildman–Crippen MR) is 203 cm³/mol. The Morgan fingerprint density at radius 2 is 1.65 bits per heavy atom. The van der Waals surface area contributed by atoms with E-state index in [1.165, 1.54) is 37.6 Å². The maximum Gasteiger partial charge on any atom is 0.414 e. The molecule has 0 aliphatic carbocycles. The second-order valence-electron chi connectivity index (χ2n) is 13.5. The molecule has 3 aliphatic heterocycles. The number of sulfonamides is 1. The summed E-state index contributed by atoms with van der Waals surface area (Å²) in [5, 5.41) is 20.8. The molecule has 16 heteroatoms. The second kappa shape index (κ2) is 16.3. The number of aromatic carboxylic acids is 1. The number of nitrogens with zero attached hydrogens (tertiary/aromatic N) is 3. The lowest BCUT2D eigenvalue weighted by Gasteiger charge is -2.44. The topological polar surface area (TPSA) is 159 Å². The lowest BCUT2D eigenvalue weighted by Crippen LogP contribution is -2.53. The van der Waals surface area contributed by atoms with Gasteiger partial charge in [0.05, 0.1) is 32.6 Å². The molecular formula is C38H41Cl2N4O9S+. The van der Waals surface area contributed by atoms with Crippen molar-refractivity contribution in [3.8, 4) is 11.5 Å². The van der Waals surface area contributed by atoms with Crippen LogP contribution in [-0.2, 0) is 27.7 Å². The lowest BCUT2D eigenvalue weighted by atomic mass is 9.82. The van der Waals surface area contributed by atoms with Crippen LogP contribution in [-0.4, -0.2) is 81.9 Å². The number of piperidine rings is 3. The van der Waals surface area contributed by atoms with E-state index in [0.29, 0.717) is 51.7 Å². The van der Waals surface area contributed by atoms with Crippen molar-refractivity contribution in [1.29, 1.82) is 0 Å². The van der Waals surface area contributed by atoms with E-state index >= 15 is 0 Å². The van der Waals surface area contributed by atoms with Crippen molar-refractivity contribution in [3.63, 3.8) is 0 Å². The number of anilines is 2. The summed E-state index contributed by atoms with van der Waals surface area (Å²) < 4.78 is 44.1. The number of halogens is 2. The van der Waals surface area contributed by atoms with Gasteiger partial charge in [0.2, 0.25) is 22.4 Å². The first-order valence-corrected chi connectivity index (χ1v) is 19.8. The summed E-state index contributed by atoms with van der Waals surface area (Å²) >= 11 is 13.2. The summed E-state index contributed by atoms with van der Waals surface area (Å²) in [6.45, 7) is 2.57. The van der Waals surface area contributed by atoms with Crippen molar-refractivity contribution in [1.82, 2.24) is 4.90 Å². The Morgan fingerprint density at radius 3 is 2.22 bits per heavy atom. The fourth-order valence-electron chi connectivity index (χ4n) is 7.21. The number of amides is 1. The summed E-state index contributed by atoms with van der Waals surface area (Å²) in [5.41, 5.74) is 2.89. The van der Waals surface area contributed by atoms with Crippen LogP contribution in [0.25, 0.3) is 0 Å². The predicted octanol–water partition coefficient (Wildman–Crippen LogP) is 6.22. The summed E-state index contributed by atoms with van der Waals surface area (Å²) in [5.74, 6) is -0.703. The smallest absolute Gasteiger partial charge is 0.414 e. The van der Waals surface area contributed by atoms with Gasteiger partial charge in [0.1, 0.15) is 16.1 Å². The molecule has 4 aromatic rings. The van der Waals surface area contributed by atoms with E-state index in [0.717, 1.165) is 36.9 Å². The molecule has 3 aromatic carbocycles. The van der Waals surface area contributed by atoms with Gasteiger partial charge in [-0.1, -0.05) is 41.4 Å². The quantitative estimate of drug-likeness (QED) is 0.105. The maximum atomic E-state index is 14.1. The van der Waals surface area contributed by atoms with Crippen molar-refractivity contribution in [2.45, 2.75) is 37.8 Å². The van der Waals surface area contributed by atoms with Gasteiger partial charge in [0, 0.05) is 34.1 Å². The number of carbonyl (C=O) groups excluding carboxylic acids is 1. The number of benzene rings is 3. The van der Waals surface area contributed by atoms with Crippen molar-refractivity contribution in [2.24, 2.45) is 5.92 Å². The maximum absolute atomic E-state index is 14.1. The fourth-order valence-corrected chi connectivity index (χ4v) is 8.38. The van der Waals surface area contributed by atoms with Crippen molar-refractivity contribution in [2.75, 3.05) is 49.7 Å². The minimum absolute atomic E-state index is 0.0107. The standard InChI is InChI=1S/C38H40Cl2N4O9S/c1-51-34-11-5-25(17-35(34)52-2)29(18-31-32(39)20-43(48)21-33(31)40)30-16-23(4-10-28(30)37(45)46)19-44(27-8-6-26(7-9-27)41-54(3,49)50)38(47)53-36-22-42-14-12-24(36)13-15-42/h4-11,16-17,20-21,24,29,36,41H,12-15,18-19,22H2,1-3H3,(H-,45,46,48)/p+1/t29-,36-/m0/s1. The highest BCUT2D eigenvalue weighted by molar-refractivity contribution is 7.92. The molecule has 0 spiro atoms. The molecule has 286 valence electrons. The van der Waals surface area contributed by atoms with E-state index in [9.17, 15) is 28.3 Å². The zero-order valence-electron chi connectivity index (χ0n) is 29.9. The molecule has 0 unspecified atom stereocenters. The first kappa shape index (κ1) is 38.9. The SMILES string of the molecule is COc1ccc([C@H](Cc2c(Cl)c[n+](O)cc2Cl)c2cc(CN(C(=O)O[C@H]3CN4CCC3CC4)c3ccc(NS(C)(=O)=O)cc3)ccc2C(=O)O)cc1OC.